The molecule has 236 valence electrons. The zero-order valence-electron chi connectivity index (χ0n) is 25.4. The minimum absolute atomic E-state index is 0.0811. The molecule has 3 aromatic carbocycles. The highest BCUT2D eigenvalue weighted by atomic mass is 35.5. The van der Waals surface area contributed by atoms with Crippen molar-refractivity contribution < 1.29 is 28.7 Å². The van der Waals surface area contributed by atoms with Crippen LogP contribution >= 0.6 is 23.2 Å². The van der Waals surface area contributed by atoms with Crippen molar-refractivity contribution in [3.05, 3.63) is 100 Å². The maximum atomic E-state index is 14.5. The highest BCUT2D eigenvalue weighted by Crippen LogP contribution is 2.66. The van der Waals surface area contributed by atoms with Gasteiger partial charge in [-0.05, 0) is 97.7 Å². The number of allylic oxidation sites excluding steroid dienone is 2. The van der Waals surface area contributed by atoms with E-state index in [0.717, 1.165) is 29.0 Å². The number of aryl methyl sites for hydroxylation is 3. The van der Waals surface area contributed by atoms with E-state index >= 15 is 0 Å². The van der Waals surface area contributed by atoms with Crippen LogP contribution in [0.4, 0.5) is 15.8 Å². The van der Waals surface area contributed by atoms with E-state index in [1.165, 1.54) is 17.0 Å². The third kappa shape index (κ3) is 4.02. The van der Waals surface area contributed by atoms with Crippen LogP contribution < -0.4 is 9.80 Å². The first-order valence-electron chi connectivity index (χ1n) is 15.3. The topological polar surface area (TPSA) is 95.0 Å². The number of halogens is 3. The summed E-state index contributed by atoms with van der Waals surface area (Å²) in [4.78, 5) is 55.0. The Kier molecular flexibility index (Phi) is 7.00. The number of alkyl halides is 2. The number of hydrogen-bond acceptors (Lipinski definition) is 5. The van der Waals surface area contributed by atoms with Crippen LogP contribution in [0.3, 0.4) is 0 Å². The van der Waals surface area contributed by atoms with Gasteiger partial charge >= 0.3 is 0 Å². The molecule has 2 aliphatic heterocycles. The Bertz CT molecular complexity index is 1850. The number of phenols is 1. The Hall–Kier alpha value is -4.01. The molecular formula is C36H31Cl2FN2O5. The molecule has 2 aliphatic carbocycles. The minimum Gasteiger partial charge on any atom is -0.507 e. The molecule has 0 aromatic heterocycles. The smallest absolute Gasteiger partial charge is 0.258 e. The molecule has 0 spiro atoms. The fraction of sp³-hybridized carbons (Fsp3) is 0.333. The normalized spacial score (nSPS) is 30.3. The van der Waals surface area contributed by atoms with Gasteiger partial charge in [-0.1, -0.05) is 42.8 Å². The molecule has 4 aliphatic rings. The molecule has 7 nitrogen and oxygen atoms in total. The Labute approximate surface area is 275 Å². The number of phenolic OH excluding ortho intramolecular Hbond substituents is 1. The minimum atomic E-state index is -2.04. The van der Waals surface area contributed by atoms with Crippen molar-refractivity contribution in [2.24, 2.45) is 17.8 Å². The standard InChI is InChI=1S/C36H31Cl2FN2O5/c1-4-20-5-9-23(10-6-20)40-31(43)26-14-13-25-27(28(26)32(40)44)17-35(37)33(45)41(24-11-7-22(39)8-12-24)34(46)36(35,38)29(25)21-15-18(2)30(42)19(3)16-21/h5-13,15-16,26-29,42H,4,14,17H2,1-3H3/t26-,27+,28-,29-,35+,36-/m0/s1. The van der Waals surface area contributed by atoms with Crippen LogP contribution in [-0.2, 0) is 25.6 Å². The molecule has 0 unspecified atom stereocenters. The van der Waals surface area contributed by atoms with Crippen LogP contribution in [0, 0.1) is 37.4 Å². The number of carbonyl (C=O) groups excluding carboxylic acids is 4. The van der Waals surface area contributed by atoms with Crippen LogP contribution in [0.15, 0.2) is 72.3 Å². The summed E-state index contributed by atoms with van der Waals surface area (Å²) in [6.45, 7) is 5.46. The van der Waals surface area contributed by atoms with Crippen LogP contribution in [0.1, 0.15) is 47.9 Å². The van der Waals surface area contributed by atoms with Crippen LogP contribution in [-0.4, -0.2) is 38.5 Å². The lowest BCUT2D eigenvalue weighted by molar-refractivity contribution is -0.125. The summed E-state index contributed by atoms with van der Waals surface area (Å²) >= 11 is 14.8. The molecule has 2 heterocycles. The number of hydrogen-bond donors (Lipinski definition) is 1. The number of aromatic hydroxyl groups is 1. The van der Waals surface area contributed by atoms with E-state index in [-0.39, 0.29) is 36.1 Å². The molecule has 46 heavy (non-hydrogen) atoms. The van der Waals surface area contributed by atoms with Crippen molar-refractivity contribution in [3.8, 4) is 5.75 Å². The monoisotopic (exact) mass is 660 g/mol. The zero-order valence-corrected chi connectivity index (χ0v) is 26.9. The molecule has 6 atom stereocenters. The highest BCUT2D eigenvalue weighted by Gasteiger charge is 2.76. The number of imide groups is 2. The third-order valence-electron chi connectivity index (χ3n) is 10.3. The molecule has 7 rings (SSSR count). The lowest BCUT2D eigenvalue weighted by atomic mass is 9.56. The number of nitrogens with zero attached hydrogens (tertiary/aromatic N) is 2. The van der Waals surface area contributed by atoms with Crippen molar-refractivity contribution in [3.63, 3.8) is 0 Å². The first-order valence-corrected chi connectivity index (χ1v) is 16.1. The predicted molar refractivity (Wildman–Crippen MR) is 172 cm³/mol. The number of carbonyl (C=O) groups is 4. The molecule has 0 bridgehead atoms. The molecule has 0 radical (unpaired) electrons. The van der Waals surface area contributed by atoms with Gasteiger partial charge in [-0.25, -0.2) is 9.29 Å². The molecule has 4 amide bonds. The third-order valence-corrected chi connectivity index (χ3v) is 11.8. The second-order valence-corrected chi connectivity index (χ2v) is 14.0. The van der Waals surface area contributed by atoms with Gasteiger partial charge < -0.3 is 5.11 Å². The van der Waals surface area contributed by atoms with Crippen LogP contribution in [0.5, 0.6) is 5.75 Å². The Morgan fingerprint density at radius 1 is 0.848 bits per heavy atom. The maximum absolute atomic E-state index is 14.5. The van der Waals surface area contributed by atoms with Crippen LogP contribution in [0.25, 0.3) is 0 Å². The summed E-state index contributed by atoms with van der Waals surface area (Å²) in [5.41, 5.74) is 3.93. The lowest BCUT2D eigenvalue weighted by Gasteiger charge is -2.50. The first-order chi connectivity index (χ1) is 21.8. The molecular weight excluding hydrogens is 630 g/mol. The predicted octanol–water partition coefficient (Wildman–Crippen LogP) is 6.48. The van der Waals surface area contributed by atoms with E-state index in [1.807, 2.05) is 25.1 Å². The van der Waals surface area contributed by atoms with Gasteiger partial charge in [0.05, 0.1) is 23.2 Å². The summed E-state index contributed by atoms with van der Waals surface area (Å²) in [7, 11) is 0. The molecule has 1 saturated carbocycles. The second-order valence-electron chi connectivity index (χ2n) is 12.8. The summed E-state index contributed by atoms with van der Waals surface area (Å²) in [6, 6.07) is 15.6. The van der Waals surface area contributed by atoms with Crippen molar-refractivity contribution in [1.29, 1.82) is 0 Å². The fourth-order valence-corrected chi connectivity index (χ4v) is 9.00. The summed E-state index contributed by atoms with van der Waals surface area (Å²) in [5.74, 6) is -5.90. The summed E-state index contributed by atoms with van der Waals surface area (Å²) in [5, 5.41) is 10.6. The van der Waals surface area contributed by atoms with E-state index in [0.29, 0.717) is 28.0 Å². The van der Waals surface area contributed by atoms with E-state index in [1.54, 1.807) is 38.1 Å². The van der Waals surface area contributed by atoms with Crippen molar-refractivity contribution >= 4 is 58.2 Å². The maximum Gasteiger partial charge on any atom is 0.258 e. The van der Waals surface area contributed by atoms with Gasteiger partial charge in [-0.15, -0.1) is 23.2 Å². The molecule has 1 N–H and O–H groups in total. The van der Waals surface area contributed by atoms with Gasteiger partial charge in [0.2, 0.25) is 11.8 Å². The quantitative estimate of drug-likeness (QED) is 0.196. The van der Waals surface area contributed by atoms with Gasteiger partial charge in [-0.3, -0.25) is 24.1 Å². The van der Waals surface area contributed by atoms with Gasteiger partial charge in [0.15, 0.2) is 9.75 Å². The highest BCUT2D eigenvalue weighted by molar-refractivity contribution is 6.58. The number of fused-ring (bicyclic) bond motifs is 4. The lowest BCUT2D eigenvalue weighted by Crippen LogP contribution is -2.60. The Morgan fingerprint density at radius 3 is 2.04 bits per heavy atom. The zero-order chi connectivity index (χ0) is 32.9. The molecule has 3 aromatic rings. The van der Waals surface area contributed by atoms with Gasteiger partial charge in [0, 0.05) is 5.92 Å². The number of amides is 4. The van der Waals surface area contributed by atoms with Crippen molar-refractivity contribution in [2.75, 3.05) is 9.80 Å². The van der Waals surface area contributed by atoms with Crippen molar-refractivity contribution in [2.45, 2.75) is 55.7 Å². The Morgan fingerprint density at radius 2 is 1.43 bits per heavy atom. The molecule has 3 fully saturated rings. The Balaban J connectivity index is 1.40. The fourth-order valence-electron chi connectivity index (χ4n) is 8.06. The van der Waals surface area contributed by atoms with E-state index < -0.39 is 51.1 Å². The van der Waals surface area contributed by atoms with Gasteiger partial charge in [0.25, 0.3) is 11.8 Å². The number of rotatable bonds is 4. The SMILES string of the molecule is CCc1ccc(N2C(=O)[C@H]3[C@H](CC=C4[C@H]3C[C@@]3(Cl)C(=O)N(c5ccc(F)cc5)C(=O)[C@@]3(Cl)[C@H]4c3cc(C)c(O)c(C)c3)C2=O)cc1. The second kappa shape index (κ2) is 10.5. The van der Waals surface area contributed by atoms with E-state index in [4.69, 9.17) is 23.2 Å². The molecule has 10 heteroatoms. The number of benzene rings is 3. The number of anilines is 2. The van der Waals surface area contributed by atoms with Crippen LogP contribution in [0.2, 0.25) is 0 Å². The summed E-state index contributed by atoms with van der Waals surface area (Å²) in [6.07, 6.45) is 2.76. The van der Waals surface area contributed by atoms with Crippen molar-refractivity contribution in [1.82, 2.24) is 0 Å². The summed E-state index contributed by atoms with van der Waals surface area (Å²) < 4.78 is 13.9. The van der Waals surface area contributed by atoms with E-state index in [2.05, 4.69) is 0 Å². The van der Waals surface area contributed by atoms with Gasteiger partial charge in [0.1, 0.15) is 11.6 Å². The average Bonchev–Trinajstić information content (AvgIpc) is 3.38. The largest absolute Gasteiger partial charge is 0.507 e. The molecule has 2 saturated heterocycles. The average molecular weight is 662 g/mol. The van der Waals surface area contributed by atoms with E-state index in [9.17, 15) is 28.7 Å². The van der Waals surface area contributed by atoms with Gasteiger partial charge in [-0.2, -0.15) is 0 Å². The first kappa shape index (κ1) is 30.6.